The zero-order chi connectivity index (χ0) is 15.5. The molecule has 2 aromatic carbocycles. The number of ether oxygens (including phenoxy) is 1. The monoisotopic (exact) mass is 294 g/mol. The number of aryl methyl sites for hydroxylation is 1. The summed E-state index contributed by atoms with van der Waals surface area (Å²) >= 11 is 0. The van der Waals surface area contributed by atoms with Gasteiger partial charge in [0.05, 0.1) is 11.1 Å². The van der Waals surface area contributed by atoms with E-state index >= 15 is 0 Å². The maximum Gasteiger partial charge on any atom is 0.416 e. The van der Waals surface area contributed by atoms with Crippen LogP contribution >= 0.6 is 0 Å². The Morgan fingerprint density at radius 2 is 1.76 bits per heavy atom. The molecular weight excluding hydrogens is 281 g/mol. The average molecular weight is 294 g/mol. The zero-order valence-corrected chi connectivity index (χ0v) is 11.3. The molecule has 0 radical (unpaired) electrons. The first-order valence-electron chi connectivity index (χ1n) is 6.27. The highest BCUT2D eigenvalue weighted by molar-refractivity contribution is 5.91. The van der Waals surface area contributed by atoms with Crippen molar-refractivity contribution in [2.45, 2.75) is 19.7 Å². The molecule has 0 amide bonds. The van der Waals surface area contributed by atoms with Crippen LogP contribution in [0, 0.1) is 6.92 Å². The number of alkyl halides is 3. The average Bonchev–Trinajstić information content (AvgIpc) is 2.45. The highest BCUT2D eigenvalue weighted by Gasteiger charge is 2.31. The van der Waals surface area contributed by atoms with Crippen LogP contribution < -0.4 is 0 Å². The summed E-state index contributed by atoms with van der Waals surface area (Å²) in [5, 5.41) is 0. The van der Waals surface area contributed by atoms with E-state index in [1.165, 1.54) is 6.92 Å². The minimum atomic E-state index is -4.42. The van der Waals surface area contributed by atoms with Gasteiger partial charge in [0, 0.05) is 0 Å². The van der Waals surface area contributed by atoms with Gasteiger partial charge in [-0.3, -0.25) is 0 Å². The molecule has 0 aliphatic carbocycles. The molecule has 0 saturated heterocycles. The van der Waals surface area contributed by atoms with E-state index in [4.69, 9.17) is 4.74 Å². The lowest BCUT2D eigenvalue weighted by molar-refractivity contribution is -0.137. The second kappa shape index (κ2) is 5.99. The SMILES string of the molecule is Cc1cc(C(F)(F)F)ccc1C(=O)OCc1ccccc1. The number of carbonyl (C=O) groups is 1. The Hall–Kier alpha value is -2.30. The lowest BCUT2D eigenvalue weighted by Gasteiger charge is -2.11. The number of hydrogen-bond acceptors (Lipinski definition) is 2. The summed E-state index contributed by atoms with van der Waals surface area (Å²) in [6, 6.07) is 12.0. The number of halogens is 3. The van der Waals surface area contributed by atoms with E-state index in [0.29, 0.717) is 0 Å². The summed E-state index contributed by atoms with van der Waals surface area (Å²) in [5.74, 6) is -0.634. The van der Waals surface area contributed by atoms with Crippen LogP contribution in [-0.4, -0.2) is 5.97 Å². The third-order valence-electron chi connectivity index (χ3n) is 2.99. The van der Waals surface area contributed by atoms with Gasteiger partial charge in [-0.2, -0.15) is 13.2 Å². The fourth-order valence-electron chi connectivity index (χ4n) is 1.87. The highest BCUT2D eigenvalue weighted by atomic mass is 19.4. The van der Waals surface area contributed by atoms with Crippen molar-refractivity contribution in [3.05, 3.63) is 70.8 Å². The predicted molar refractivity (Wildman–Crippen MR) is 71.7 cm³/mol. The Morgan fingerprint density at radius 1 is 1.10 bits per heavy atom. The highest BCUT2D eigenvalue weighted by Crippen LogP contribution is 2.30. The fourth-order valence-corrected chi connectivity index (χ4v) is 1.87. The molecule has 0 saturated carbocycles. The van der Waals surface area contributed by atoms with Gasteiger partial charge in [0.15, 0.2) is 0 Å². The van der Waals surface area contributed by atoms with Gasteiger partial charge in [0.1, 0.15) is 6.61 Å². The summed E-state index contributed by atoms with van der Waals surface area (Å²) in [4.78, 5) is 11.9. The zero-order valence-electron chi connectivity index (χ0n) is 11.3. The summed E-state index contributed by atoms with van der Waals surface area (Å²) in [6.45, 7) is 1.54. The summed E-state index contributed by atoms with van der Waals surface area (Å²) in [7, 11) is 0. The van der Waals surface area contributed by atoms with Crippen LogP contribution in [-0.2, 0) is 17.5 Å². The number of carbonyl (C=O) groups excluding carboxylic acids is 1. The van der Waals surface area contributed by atoms with Crippen LogP contribution in [0.2, 0.25) is 0 Å². The molecule has 0 N–H and O–H groups in total. The smallest absolute Gasteiger partial charge is 0.416 e. The van der Waals surface area contributed by atoms with Gasteiger partial charge in [0.2, 0.25) is 0 Å². The predicted octanol–water partition coefficient (Wildman–Crippen LogP) is 4.37. The molecule has 0 aromatic heterocycles. The van der Waals surface area contributed by atoms with E-state index in [-0.39, 0.29) is 17.7 Å². The van der Waals surface area contributed by atoms with Gasteiger partial charge < -0.3 is 4.74 Å². The number of hydrogen-bond donors (Lipinski definition) is 0. The number of benzene rings is 2. The van der Waals surface area contributed by atoms with E-state index in [1.807, 2.05) is 18.2 Å². The number of esters is 1. The topological polar surface area (TPSA) is 26.3 Å². The van der Waals surface area contributed by atoms with Gasteiger partial charge in [0.25, 0.3) is 0 Å². The van der Waals surface area contributed by atoms with Crippen molar-refractivity contribution in [3.63, 3.8) is 0 Å². The van der Waals surface area contributed by atoms with Crippen molar-refractivity contribution in [3.8, 4) is 0 Å². The molecule has 0 fully saturated rings. The Morgan fingerprint density at radius 3 is 2.33 bits per heavy atom. The van der Waals surface area contributed by atoms with Crippen LogP contribution in [0.15, 0.2) is 48.5 Å². The van der Waals surface area contributed by atoms with E-state index < -0.39 is 17.7 Å². The Bertz CT molecular complexity index is 634. The van der Waals surface area contributed by atoms with Gasteiger partial charge in [-0.1, -0.05) is 30.3 Å². The quantitative estimate of drug-likeness (QED) is 0.786. The first-order chi connectivity index (χ1) is 9.88. The maximum atomic E-state index is 12.6. The van der Waals surface area contributed by atoms with E-state index in [1.54, 1.807) is 12.1 Å². The first-order valence-corrected chi connectivity index (χ1v) is 6.27. The standard InChI is InChI=1S/C16H13F3O2/c1-11-9-13(16(17,18)19)7-8-14(11)15(20)21-10-12-5-3-2-4-6-12/h2-9H,10H2,1H3. The van der Waals surface area contributed by atoms with E-state index in [9.17, 15) is 18.0 Å². The summed E-state index contributed by atoms with van der Waals surface area (Å²) in [5.41, 5.74) is 0.414. The molecule has 0 heterocycles. The summed E-state index contributed by atoms with van der Waals surface area (Å²) in [6.07, 6.45) is -4.42. The third kappa shape index (κ3) is 3.84. The minimum Gasteiger partial charge on any atom is -0.457 e. The molecule has 0 atom stereocenters. The van der Waals surface area contributed by atoms with Crippen molar-refractivity contribution >= 4 is 5.97 Å². The molecule has 2 aromatic rings. The van der Waals surface area contributed by atoms with Crippen molar-refractivity contribution in [1.29, 1.82) is 0 Å². The van der Waals surface area contributed by atoms with Crippen molar-refractivity contribution in [2.24, 2.45) is 0 Å². The molecule has 21 heavy (non-hydrogen) atoms. The van der Waals surface area contributed by atoms with Crippen LogP contribution in [0.3, 0.4) is 0 Å². The van der Waals surface area contributed by atoms with E-state index in [2.05, 4.69) is 0 Å². The van der Waals surface area contributed by atoms with E-state index in [0.717, 1.165) is 23.8 Å². The molecule has 110 valence electrons. The second-order valence-corrected chi connectivity index (χ2v) is 4.59. The molecule has 0 unspecified atom stereocenters. The molecule has 5 heteroatoms. The molecule has 0 bridgehead atoms. The largest absolute Gasteiger partial charge is 0.457 e. The van der Waals surface area contributed by atoms with Crippen molar-refractivity contribution in [1.82, 2.24) is 0 Å². The Balaban J connectivity index is 2.09. The third-order valence-corrected chi connectivity index (χ3v) is 2.99. The molecule has 0 aliphatic rings. The Kier molecular flexibility index (Phi) is 4.31. The van der Waals surface area contributed by atoms with Crippen LogP contribution in [0.4, 0.5) is 13.2 Å². The molecule has 2 rings (SSSR count). The lowest BCUT2D eigenvalue weighted by atomic mass is 10.0. The maximum absolute atomic E-state index is 12.6. The Labute approximate surface area is 120 Å². The summed E-state index contributed by atoms with van der Waals surface area (Å²) < 4.78 is 42.8. The van der Waals surface area contributed by atoms with Gasteiger partial charge >= 0.3 is 12.1 Å². The minimum absolute atomic E-state index is 0.0835. The van der Waals surface area contributed by atoms with Crippen LogP contribution in [0.1, 0.15) is 27.0 Å². The molecule has 0 spiro atoms. The molecule has 2 nitrogen and oxygen atoms in total. The first kappa shape index (κ1) is 15.1. The van der Waals surface area contributed by atoms with Crippen LogP contribution in [0.5, 0.6) is 0 Å². The lowest BCUT2D eigenvalue weighted by Crippen LogP contribution is -2.10. The normalized spacial score (nSPS) is 11.2. The van der Waals surface area contributed by atoms with Gasteiger partial charge in [-0.15, -0.1) is 0 Å². The van der Waals surface area contributed by atoms with Gasteiger partial charge in [-0.25, -0.2) is 4.79 Å². The second-order valence-electron chi connectivity index (χ2n) is 4.59. The molecule has 0 aliphatic heterocycles. The van der Waals surface area contributed by atoms with Crippen molar-refractivity contribution in [2.75, 3.05) is 0 Å². The number of rotatable bonds is 3. The van der Waals surface area contributed by atoms with Crippen molar-refractivity contribution < 1.29 is 22.7 Å². The fraction of sp³-hybridized carbons (Fsp3) is 0.188. The molecular formula is C16H13F3O2. The van der Waals surface area contributed by atoms with Crippen LogP contribution in [0.25, 0.3) is 0 Å². The van der Waals surface area contributed by atoms with Gasteiger partial charge in [-0.05, 0) is 36.2 Å².